The summed E-state index contributed by atoms with van der Waals surface area (Å²) in [5, 5.41) is 4.25. The monoisotopic (exact) mass is 710 g/mol. The van der Waals surface area contributed by atoms with Crippen LogP contribution in [0.2, 0.25) is 0 Å². The average molecular weight is 711 g/mol. The van der Waals surface area contributed by atoms with E-state index in [1.165, 1.54) is 70.1 Å². The Kier molecular flexibility index (Phi) is 6.91. The van der Waals surface area contributed by atoms with Gasteiger partial charge in [0.1, 0.15) is 11.5 Å². The molecule has 3 aliphatic rings. The average Bonchev–Trinajstić information content (AvgIpc) is 3.23. The van der Waals surface area contributed by atoms with Gasteiger partial charge in [-0.25, -0.2) is 0 Å². The minimum atomic E-state index is -1.34. The van der Waals surface area contributed by atoms with Crippen LogP contribution in [0.15, 0.2) is 204 Å². The van der Waals surface area contributed by atoms with Crippen molar-refractivity contribution in [2.24, 2.45) is 0 Å². The Hall–Kier alpha value is -6.07. The highest BCUT2D eigenvalue weighted by atomic mass is 32.2. The van der Waals surface area contributed by atoms with Gasteiger partial charge in [0, 0.05) is 26.6 Å². The van der Waals surface area contributed by atoms with Crippen LogP contribution in [0.1, 0.15) is 22.3 Å². The molecule has 4 heteroatoms. The number of benzene rings is 8. The number of nitrogens with zero attached hydrogens (tertiary/aromatic N) is 1. The Bertz CT molecular complexity index is 2620. The Balaban J connectivity index is 1.13. The maximum absolute atomic E-state index is 6.68. The summed E-state index contributed by atoms with van der Waals surface area (Å²) in [6.07, 6.45) is 0. The van der Waals surface area contributed by atoms with Crippen molar-refractivity contribution in [2.75, 3.05) is 4.90 Å². The van der Waals surface area contributed by atoms with Crippen LogP contribution in [0.4, 0.5) is 17.1 Å². The van der Waals surface area contributed by atoms with Gasteiger partial charge in [-0.05, 0) is 87.2 Å². The maximum Gasteiger partial charge on any atom is 0.155 e. The fourth-order valence-corrected chi connectivity index (χ4v) is 12.9. The fraction of sp³-hybridized carbons (Fsp3) is 0.0204. The molecule has 1 spiro atoms. The van der Waals surface area contributed by atoms with Gasteiger partial charge in [0.05, 0.1) is 16.8 Å². The molecule has 8 aromatic rings. The molecule has 0 atom stereocenters. The van der Waals surface area contributed by atoms with E-state index in [2.05, 4.69) is 199 Å². The predicted molar refractivity (Wildman–Crippen MR) is 220 cm³/mol. The second-order valence-electron chi connectivity index (χ2n) is 13.8. The second kappa shape index (κ2) is 12.0. The third-order valence-corrected chi connectivity index (χ3v) is 15.0. The Labute approximate surface area is 315 Å². The van der Waals surface area contributed by atoms with Crippen LogP contribution in [-0.2, 0) is 5.41 Å². The van der Waals surface area contributed by atoms with Gasteiger partial charge in [0.15, 0.2) is 8.80 Å². The van der Waals surface area contributed by atoms with Crippen LogP contribution in [0, 0.1) is 0 Å². The molecule has 0 aromatic heterocycles. The van der Waals surface area contributed by atoms with Gasteiger partial charge < -0.3 is 9.64 Å². The lowest BCUT2D eigenvalue weighted by Crippen LogP contribution is -2.62. The highest BCUT2D eigenvalue weighted by Gasteiger charge is 2.51. The summed E-state index contributed by atoms with van der Waals surface area (Å²) < 4.78 is 6.68. The maximum atomic E-state index is 6.68. The standard InChI is InChI=1S/C49H32NOSSi/c1-2-14-36(15-3-1)53-47-25-13-6-18-39(47)49(37-16-4-9-21-43(37)51-44-22-10-5-17-38(44)49)40-32-34(28-31-48(40)53)33-26-29-35(30-27-33)50-41-19-7-11-23-45(41)52-46-24-12-8-20-42(46)50/h1-32H. The molecular formula is C49H32NOSSi. The summed E-state index contributed by atoms with van der Waals surface area (Å²) in [6.45, 7) is 0. The smallest absolute Gasteiger partial charge is 0.155 e. The second-order valence-corrected chi connectivity index (χ2v) is 17.3. The van der Waals surface area contributed by atoms with Crippen LogP contribution in [0.5, 0.6) is 11.5 Å². The fourth-order valence-electron chi connectivity index (χ4n) is 8.85. The Morgan fingerprint density at radius 1 is 0.434 bits per heavy atom. The summed E-state index contributed by atoms with van der Waals surface area (Å²) >= 11 is 1.84. The van der Waals surface area contributed by atoms with Crippen LogP contribution < -0.4 is 25.2 Å². The first kappa shape index (κ1) is 30.5. The van der Waals surface area contributed by atoms with Crippen molar-refractivity contribution in [3.8, 4) is 22.6 Å². The van der Waals surface area contributed by atoms with Crippen molar-refractivity contribution in [1.29, 1.82) is 0 Å². The first-order valence-corrected chi connectivity index (χ1v) is 20.4. The molecule has 1 radical (unpaired) electrons. The van der Waals surface area contributed by atoms with Crippen LogP contribution >= 0.6 is 11.8 Å². The molecule has 2 nitrogen and oxygen atoms in total. The van der Waals surface area contributed by atoms with Crippen molar-refractivity contribution in [3.63, 3.8) is 0 Å². The van der Waals surface area contributed by atoms with Crippen LogP contribution in [-0.4, -0.2) is 8.80 Å². The van der Waals surface area contributed by atoms with E-state index in [0.717, 1.165) is 17.2 Å². The number of anilines is 3. The number of hydrogen-bond donors (Lipinski definition) is 0. The number of rotatable bonds is 3. The lowest BCUT2D eigenvalue weighted by Gasteiger charge is -2.47. The highest BCUT2D eigenvalue weighted by molar-refractivity contribution is 7.99. The highest BCUT2D eigenvalue weighted by Crippen LogP contribution is 2.56. The first-order valence-electron chi connectivity index (χ1n) is 18.1. The number of para-hydroxylation sites is 4. The van der Waals surface area contributed by atoms with E-state index in [4.69, 9.17) is 4.74 Å². The largest absolute Gasteiger partial charge is 0.457 e. The van der Waals surface area contributed by atoms with E-state index in [1.54, 1.807) is 0 Å². The zero-order valence-electron chi connectivity index (χ0n) is 28.7. The third kappa shape index (κ3) is 4.53. The van der Waals surface area contributed by atoms with Gasteiger partial charge in [0.2, 0.25) is 0 Å². The number of hydrogen-bond acceptors (Lipinski definition) is 3. The van der Waals surface area contributed by atoms with E-state index in [0.29, 0.717) is 0 Å². The van der Waals surface area contributed by atoms with E-state index in [9.17, 15) is 0 Å². The zero-order valence-corrected chi connectivity index (χ0v) is 30.6. The molecule has 0 saturated carbocycles. The van der Waals surface area contributed by atoms with Crippen molar-refractivity contribution >= 4 is 53.2 Å². The van der Waals surface area contributed by atoms with Gasteiger partial charge in [-0.1, -0.05) is 156 Å². The number of fused-ring (bicyclic) bond motifs is 10. The van der Waals surface area contributed by atoms with Gasteiger partial charge in [-0.3, -0.25) is 0 Å². The summed E-state index contributed by atoms with van der Waals surface area (Å²) in [4.78, 5) is 4.93. The predicted octanol–water partition coefficient (Wildman–Crippen LogP) is 10.6. The van der Waals surface area contributed by atoms with Crippen molar-refractivity contribution in [1.82, 2.24) is 0 Å². The van der Waals surface area contributed by atoms with E-state index < -0.39 is 14.2 Å². The van der Waals surface area contributed by atoms with Gasteiger partial charge in [-0.2, -0.15) is 0 Å². The molecule has 0 saturated heterocycles. The van der Waals surface area contributed by atoms with Crippen molar-refractivity contribution < 1.29 is 4.74 Å². The summed E-state index contributed by atoms with van der Waals surface area (Å²) in [5.74, 6) is 1.83. The molecule has 0 fully saturated rings. The van der Waals surface area contributed by atoms with Gasteiger partial charge >= 0.3 is 0 Å². The molecule has 3 heterocycles. The van der Waals surface area contributed by atoms with E-state index in [1.807, 2.05) is 11.8 Å². The summed E-state index contributed by atoms with van der Waals surface area (Å²) in [6, 6.07) is 71.5. The topological polar surface area (TPSA) is 12.5 Å². The van der Waals surface area contributed by atoms with Crippen molar-refractivity contribution in [3.05, 3.63) is 216 Å². The minimum Gasteiger partial charge on any atom is -0.457 e. The summed E-state index contributed by atoms with van der Waals surface area (Å²) in [7, 11) is -1.34. The van der Waals surface area contributed by atoms with Crippen molar-refractivity contribution in [2.45, 2.75) is 15.2 Å². The molecule has 0 unspecified atom stereocenters. The molecule has 249 valence electrons. The van der Waals surface area contributed by atoms with E-state index in [-0.39, 0.29) is 0 Å². The quantitative estimate of drug-likeness (QED) is 0.169. The molecule has 0 bridgehead atoms. The lowest BCUT2D eigenvalue weighted by atomic mass is 9.63. The molecule has 0 aliphatic carbocycles. The van der Waals surface area contributed by atoms with E-state index >= 15 is 0 Å². The minimum absolute atomic E-state index is 0.546. The Morgan fingerprint density at radius 3 is 1.64 bits per heavy atom. The molecular weight excluding hydrogens is 679 g/mol. The molecule has 53 heavy (non-hydrogen) atoms. The van der Waals surface area contributed by atoms with Gasteiger partial charge in [-0.15, -0.1) is 0 Å². The molecule has 0 amide bonds. The van der Waals surface area contributed by atoms with Crippen LogP contribution in [0.25, 0.3) is 11.1 Å². The number of ether oxygens (including phenoxy) is 1. The molecule has 3 aliphatic heterocycles. The van der Waals surface area contributed by atoms with Gasteiger partial charge in [0.25, 0.3) is 0 Å². The normalized spacial score (nSPS) is 14.5. The first-order chi connectivity index (χ1) is 26.3. The Morgan fingerprint density at radius 2 is 0.962 bits per heavy atom. The lowest BCUT2D eigenvalue weighted by molar-refractivity contribution is 0.435. The molecule has 8 aromatic carbocycles. The SMILES string of the molecule is c1ccc([Si]2c3ccccc3C3(c4ccccc4Oc4ccccc43)c3cc(-c4ccc(N5c6ccccc6Sc6ccccc65)cc4)ccc32)cc1. The van der Waals surface area contributed by atoms with Crippen LogP contribution in [0.3, 0.4) is 0 Å². The third-order valence-electron chi connectivity index (χ3n) is 11.0. The molecule has 0 N–H and O–H groups in total. The summed E-state index contributed by atoms with van der Waals surface area (Å²) in [5.41, 5.74) is 10.5. The zero-order chi connectivity index (χ0) is 34.9. The molecule has 11 rings (SSSR count).